The molecule has 0 aliphatic carbocycles. The molecule has 1 atom stereocenters. The zero-order valence-electron chi connectivity index (χ0n) is 12.9. The van der Waals surface area contributed by atoms with Crippen LogP contribution in [0.25, 0.3) is 17.1 Å². The molecule has 1 aromatic heterocycles. The summed E-state index contributed by atoms with van der Waals surface area (Å²) in [5.74, 6) is 0. The SMILES string of the molecule is C=Cc1ccc(C(CCn2nc3ccccc3n2)S(=O)(=O)O)cc1. The lowest BCUT2D eigenvalue weighted by Gasteiger charge is -2.14. The number of rotatable bonds is 6. The van der Waals surface area contributed by atoms with Crippen molar-refractivity contribution < 1.29 is 13.0 Å². The normalized spacial score (nSPS) is 13.0. The molecule has 0 bridgehead atoms. The molecule has 1 heterocycles. The molecule has 124 valence electrons. The Labute approximate surface area is 140 Å². The van der Waals surface area contributed by atoms with Crippen molar-refractivity contribution in [2.75, 3.05) is 0 Å². The topological polar surface area (TPSA) is 85.1 Å². The van der Waals surface area contributed by atoms with E-state index in [9.17, 15) is 13.0 Å². The molecule has 1 N–H and O–H groups in total. The maximum atomic E-state index is 11.8. The van der Waals surface area contributed by atoms with Gasteiger partial charge in [-0.3, -0.25) is 4.55 Å². The van der Waals surface area contributed by atoms with Crippen LogP contribution in [0, 0.1) is 0 Å². The van der Waals surface area contributed by atoms with Crippen LogP contribution in [0.4, 0.5) is 0 Å². The van der Waals surface area contributed by atoms with Crippen molar-refractivity contribution in [1.82, 2.24) is 15.0 Å². The Balaban J connectivity index is 1.83. The van der Waals surface area contributed by atoms with Crippen molar-refractivity contribution in [3.8, 4) is 0 Å². The first-order chi connectivity index (χ1) is 11.5. The van der Waals surface area contributed by atoms with Gasteiger partial charge >= 0.3 is 0 Å². The minimum Gasteiger partial charge on any atom is -0.285 e. The van der Waals surface area contributed by atoms with Gasteiger partial charge in [-0.25, -0.2) is 0 Å². The lowest BCUT2D eigenvalue weighted by atomic mass is 10.1. The van der Waals surface area contributed by atoms with Gasteiger partial charge in [-0.15, -0.1) is 0 Å². The number of fused-ring (bicyclic) bond motifs is 1. The first-order valence-corrected chi connectivity index (χ1v) is 8.96. The van der Waals surface area contributed by atoms with Gasteiger partial charge in [0.1, 0.15) is 16.3 Å². The van der Waals surface area contributed by atoms with Crippen LogP contribution < -0.4 is 0 Å². The van der Waals surface area contributed by atoms with Gasteiger partial charge in [-0.1, -0.05) is 49.1 Å². The second-order valence-electron chi connectivity index (χ2n) is 5.45. The van der Waals surface area contributed by atoms with Crippen molar-refractivity contribution in [3.63, 3.8) is 0 Å². The maximum absolute atomic E-state index is 11.8. The fraction of sp³-hybridized carbons (Fsp3) is 0.176. The average Bonchev–Trinajstić information content (AvgIpc) is 2.97. The van der Waals surface area contributed by atoms with E-state index in [4.69, 9.17) is 0 Å². The molecule has 0 radical (unpaired) electrons. The number of aryl methyl sites for hydroxylation is 1. The third-order valence-electron chi connectivity index (χ3n) is 3.82. The highest BCUT2D eigenvalue weighted by Crippen LogP contribution is 2.26. The molecule has 0 fully saturated rings. The summed E-state index contributed by atoms with van der Waals surface area (Å²) < 4.78 is 33.1. The van der Waals surface area contributed by atoms with E-state index in [-0.39, 0.29) is 13.0 Å². The van der Waals surface area contributed by atoms with Gasteiger partial charge in [0.2, 0.25) is 0 Å². The smallest absolute Gasteiger partial charge is 0.272 e. The fourth-order valence-corrected chi connectivity index (χ4v) is 3.48. The summed E-state index contributed by atoms with van der Waals surface area (Å²) in [7, 11) is -4.23. The Hall–Kier alpha value is -2.51. The van der Waals surface area contributed by atoms with Crippen LogP contribution in [0.15, 0.2) is 55.1 Å². The van der Waals surface area contributed by atoms with E-state index in [2.05, 4.69) is 16.8 Å². The largest absolute Gasteiger partial charge is 0.285 e. The number of nitrogens with zero attached hydrogens (tertiary/aromatic N) is 3. The summed E-state index contributed by atoms with van der Waals surface area (Å²) in [6, 6.07) is 14.3. The highest BCUT2D eigenvalue weighted by molar-refractivity contribution is 7.86. The molecule has 3 rings (SSSR count). The third-order valence-corrected chi connectivity index (χ3v) is 5.05. The van der Waals surface area contributed by atoms with E-state index in [1.54, 1.807) is 30.3 Å². The standard InChI is InChI=1S/C17H17N3O3S/c1-2-13-7-9-14(10-8-13)17(24(21,22)23)11-12-20-18-15-5-3-4-6-16(15)19-20/h2-10,17H,1,11-12H2,(H,21,22,23). The van der Waals surface area contributed by atoms with E-state index in [1.807, 2.05) is 24.3 Å². The summed E-state index contributed by atoms with van der Waals surface area (Å²) >= 11 is 0. The Morgan fingerprint density at radius 1 is 1.08 bits per heavy atom. The second kappa shape index (κ2) is 6.54. The molecule has 7 heteroatoms. The van der Waals surface area contributed by atoms with E-state index < -0.39 is 15.4 Å². The van der Waals surface area contributed by atoms with Gasteiger partial charge in [0.15, 0.2) is 0 Å². The maximum Gasteiger partial charge on any atom is 0.272 e. The number of hydrogen-bond donors (Lipinski definition) is 1. The van der Waals surface area contributed by atoms with E-state index in [0.717, 1.165) is 16.6 Å². The Morgan fingerprint density at radius 2 is 1.67 bits per heavy atom. The van der Waals surface area contributed by atoms with Crippen molar-refractivity contribution in [1.29, 1.82) is 0 Å². The van der Waals surface area contributed by atoms with Crippen LogP contribution >= 0.6 is 0 Å². The molecule has 0 saturated heterocycles. The summed E-state index contributed by atoms with van der Waals surface area (Å²) in [4.78, 5) is 1.46. The first-order valence-electron chi connectivity index (χ1n) is 7.46. The number of aromatic nitrogens is 3. The van der Waals surface area contributed by atoms with E-state index in [0.29, 0.717) is 5.56 Å². The Kier molecular flexibility index (Phi) is 4.46. The highest BCUT2D eigenvalue weighted by atomic mass is 32.2. The first kappa shape index (κ1) is 16.4. The molecule has 24 heavy (non-hydrogen) atoms. The minimum atomic E-state index is -4.23. The van der Waals surface area contributed by atoms with Crippen molar-refractivity contribution in [3.05, 3.63) is 66.2 Å². The monoisotopic (exact) mass is 343 g/mol. The summed E-state index contributed by atoms with van der Waals surface area (Å²) in [5.41, 5.74) is 2.90. The minimum absolute atomic E-state index is 0.174. The summed E-state index contributed by atoms with van der Waals surface area (Å²) in [6.07, 6.45) is 1.85. The van der Waals surface area contributed by atoms with Crippen LogP contribution in [-0.2, 0) is 16.7 Å². The van der Waals surface area contributed by atoms with E-state index >= 15 is 0 Å². The van der Waals surface area contributed by atoms with Gasteiger partial charge in [-0.05, 0) is 29.7 Å². The molecular weight excluding hydrogens is 326 g/mol. The number of hydrogen-bond acceptors (Lipinski definition) is 4. The second-order valence-corrected chi connectivity index (χ2v) is 7.05. The lowest BCUT2D eigenvalue weighted by molar-refractivity contribution is 0.446. The van der Waals surface area contributed by atoms with Crippen LogP contribution in [0.1, 0.15) is 22.8 Å². The summed E-state index contributed by atoms with van der Waals surface area (Å²) in [5, 5.41) is 7.58. The molecule has 2 aromatic carbocycles. The van der Waals surface area contributed by atoms with Gasteiger partial charge in [0, 0.05) is 0 Å². The van der Waals surface area contributed by atoms with Gasteiger partial charge in [0.05, 0.1) is 6.54 Å². The van der Waals surface area contributed by atoms with Crippen LogP contribution in [0.2, 0.25) is 0 Å². The molecule has 0 saturated carbocycles. The van der Waals surface area contributed by atoms with Gasteiger partial charge in [-0.2, -0.15) is 23.4 Å². The molecule has 0 spiro atoms. The zero-order chi connectivity index (χ0) is 17.2. The lowest BCUT2D eigenvalue weighted by Crippen LogP contribution is -2.16. The quantitative estimate of drug-likeness (QED) is 0.695. The summed E-state index contributed by atoms with van der Waals surface area (Å²) in [6.45, 7) is 3.94. The molecule has 1 unspecified atom stereocenters. The van der Waals surface area contributed by atoms with Crippen molar-refractivity contribution >= 4 is 27.2 Å². The van der Waals surface area contributed by atoms with Crippen molar-refractivity contribution in [2.45, 2.75) is 18.2 Å². The fourth-order valence-electron chi connectivity index (χ4n) is 2.57. The zero-order valence-corrected chi connectivity index (χ0v) is 13.7. The number of benzene rings is 2. The van der Waals surface area contributed by atoms with Crippen molar-refractivity contribution in [2.24, 2.45) is 0 Å². The van der Waals surface area contributed by atoms with Gasteiger partial charge in [0.25, 0.3) is 10.1 Å². The molecule has 0 aliphatic heterocycles. The molecule has 0 aliphatic rings. The van der Waals surface area contributed by atoms with Crippen LogP contribution in [0.3, 0.4) is 0 Å². The molecular formula is C17H17N3O3S. The van der Waals surface area contributed by atoms with Crippen LogP contribution in [-0.4, -0.2) is 28.0 Å². The van der Waals surface area contributed by atoms with E-state index in [1.165, 1.54) is 4.80 Å². The highest BCUT2D eigenvalue weighted by Gasteiger charge is 2.25. The predicted molar refractivity (Wildman–Crippen MR) is 93.0 cm³/mol. The molecule has 6 nitrogen and oxygen atoms in total. The van der Waals surface area contributed by atoms with Crippen LogP contribution in [0.5, 0.6) is 0 Å². The molecule has 3 aromatic rings. The molecule has 0 amide bonds. The Morgan fingerprint density at radius 3 is 2.17 bits per heavy atom. The third kappa shape index (κ3) is 3.52. The average molecular weight is 343 g/mol. The Bertz CT molecular complexity index is 929. The predicted octanol–water partition coefficient (Wildman–Crippen LogP) is 3.09. The van der Waals surface area contributed by atoms with Gasteiger partial charge < -0.3 is 0 Å².